The number of hydrogen-bond donors (Lipinski definition) is 3. The van der Waals surface area contributed by atoms with E-state index in [9.17, 15) is 9.90 Å². The Labute approximate surface area is 164 Å². The Morgan fingerprint density at radius 1 is 1.30 bits per heavy atom. The third kappa shape index (κ3) is 4.73. The van der Waals surface area contributed by atoms with E-state index in [1.807, 2.05) is 31.2 Å². The topological polar surface area (TPSA) is 99.6 Å². The number of aromatic nitrogens is 2. The minimum Gasteiger partial charge on any atom is -0.507 e. The summed E-state index contributed by atoms with van der Waals surface area (Å²) >= 11 is 3.31. The van der Waals surface area contributed by atoms with Gasteiger partial charge >= 0.3 is 0 Å². The summed E-state index contributed by atoms with van der Waals surface area (Å²) in [5.41, 5.74) is 4.64. The number of carbonyl (C=O) groups excluding carboxylic acids is 1. The zero-order valence-electron chi connectivity index (χ0n) is 14.4. The molecule has 0 saturated carbocycles. The summed E-state index contributed by atoms with van der Waals surface area (Å²) < 4.78 is 6.20. The van der Waals surface area contributed by atoms with Crippen LogP contribution in [0.5, 0.6) is 11.5 Å². The van der Waals surface area contributed by atoms with Gasteiger partial charge in [-0.05, 0) is 55.5 Å². The average molecular weight is 429 g/mol. The molecular weight excluding hydrogens is 412 g/mol. The number of rotatable bonds is 6. The number of H-pyrrole nitrogens is 1. The molecule has 0 spiro atoms. The number of carbonyl (C=O) groups is 1. The van der Waals surface area contributed by atoms with E-state index in [0.717, 1.165) is 15.8 Å². The van der Waals surface area contributed by atoms with Gasteiger partial charge < -0.3 is 9.84 Å². The number of hydrazone groups is 1. The number of aromatic amines is 1. The lowest BCUT2D eigenvalue weighted by Gasteiger charge is -2.02. The highest BCUT2D eigenvalue weighted by Gasteiger charge is 2.10. The van der Waals surface area contributed by atoms with Crippen LogP contribution in [0.4, 0.5) is 0 Å². The summed E-state index contributed by atoms with van der Waals surface area (Å²) in [6, 6.07) is 14.0. The molecule has 0 bridgehead atoms. The second-order valence-electron chi connectivity index (χ2n) is 5.53. The van der Waals surface area contributed by atoms with E-state index in [4.69, 9.17) is 4.74 Å². The van der Waals surface area contributed by atoms with Gasteiger partial charge in [0.05, 0.1) is 18.5 Å². The predicted molar refractivity (Wildman–Crippen MR) is 106 cm³/mol. The third-order valence-electron chi connectivity index (χ3n) is 3.64. The number of aromatic hydroxyl groups is 1. The van der Waals surface area contributed by atoms with Crippen molar-refractivity contribution in [1.29, 1.82) is 0 Å². The molecule has 1 heterocycles. The number of nitrogens with zero attached hydrogens (tertiary/aromatic N) is 2. The van der Waals surface area contributed by atoms with Crippen molar-refractivity contribution in [1.82, 2.24) is 15.6 Å². The molecule has 0 atom stereocenters. The quantitative estimate of drug-likeness (QED) is 0.411. The zero-order valence-corrected chi connectivity index (χ0v) is 16.0. The maximum atomic E-state index is 12.2. The predicted octanol–water partition coefficient (Wildman–Crippen LogP) is 3.71. The number of amides is 1. The lowest BCUT2D eigenvalue weighted by Crippen LogP contribution is -2.18. The van der Waals surface area contributed by atoms with Gasteiger partial charge in [-0.1, -0.05) is 15.9 Å². The fraction of sp³-hybridized carbons (Fsp3) is 0.105. The van der Waals surface area contributed by atoms with E-state index >= 15 is 0 Å². The van der Waals surface area contributed by atoms with Crippen LogP contribution in [0.1, 0.15) is 23.0 Å². The molecule has 0 unspecified atom stereocenters. The third-order valence-corrected chi connectivity index (χ3v) is 4.14. The lowest BCUT2D eigenvalue weighted by atomic mass is 10.1. The van der Waals surface area contributed by atoms with Gasteiger partial charge in [-0.3, -0.25) is 9.89 Å². The molecule has 1 aromatic heterocycles. The molecule has 138 valence electrons. The van der Waals surface area contributed by atoms with Crippen molar-refractivity contribution in [3.8, 4) is 22.8 Å². The first-order valence-corrected chi connectivity index (χ1v) is 8.96. The molecule has 0 aliphatic carbocycles. The number of phenolic OH excluding ortho intramolecular Hbond substituents is 1. The Kier molecular flexibility index (Phi) is 5.87. The Hall–Kier alpha value is -3.13. The van der Waals surface area contributed by atoms with Gasteiger partial charge in [0.25, 0.3) is 5.91 Å². The smallest absolute Gasteiger partial charge is 0.289 e. The molecule has 8 heteroatoms. The van der Waals surface area contributed by atoms with Crippen molar-refractivity contribution < 1.29 is 14.6 Å². The van der Waals surface area contributed by atoms with Crippen molar-refractivity contribution in [3.63, 3.8) is 0 Å². The minimum atomic E-state index is -0.439. The first kappa shape index (κ1) is 18.7. The van der Waals surface area contributed by atoms with Gasteiger partial charge in [0, 0.05) is 15.6 Å². The number of benzene rings is 2. The summed E-state index contributed by atoms with van der Waals surface area (Å²) in [5.74, 6) is 0.404. The molecule has 7 nitrogen and oxygen atoms in total. The number of ether oxygens (including phenoxy) is 1. The Balaban J connectivity index is 1.66. The monoisotopic (exact) mass is 428 g/mol. The normalized spacial score (nSPS) is 10.9. The molecule has 0 aliphatic heterocycles. The van der Waals surface area contributed by atoms with Crippen molar-refractivity contribution in [3.05, 3.63) is 64.3 Å². The van der Waals surface area contributed by atoms with Crippen LogP contribution in [0, 0.1) is 0 Å². The van der Waals surface area contributed by atoms with Crippen LogP contribution < -0.4 is 10.2 Å². The van der Waals surface area contributed by atoms with E-state index < -0.39 is 5.91 Å². The molecule has 3 N–H and O–H groups in total. The van der Waals surface area contributed by atoms with Crippen molar-refractivity contribution in [2.24, 2.45) is 5.10 Å². The van der Waals surface area contributed by atoms with Gasteiger partial charge in [-0.25, -0.2) is 5.43 Å². The standard InChI is InChI=1S/C19H17BrN4O3/c1-2-27-15-6-3-12(4-7-15)16-10-17(23-22-16)19(26)24-21-11-13-9-14(20)5-8-18(13)25/h3-11,25H,2H2,1H3,(H,22,23)(H,24,26). The molecular formula is C19H17BrN4O3. The van der Waals surface area contributed by atoms with Gasteiger partial charge in [0.2, 0.25) is 0 Å². The summed E-state index contributed by atoms with van der Waals surface area (Å²) in [7, 11) is 0. The van der Waals surface area contributed by atoms with E-state index in [0.29, 0.717) is 17.9 Å². The van der Waals surface area contributed by atoms with E-state index in [-0.39, 0.29) is 11.4 Å². The highest BCUT2D eigenvalue weighted by Crippen LogP contribution is 2.22. The Morgan fingerprint density at radius 2 is 2.07 bits per heavy atom. The number of nitrogens with one attached hydrogen (secondary N) is 2. The van der Waals surface area contributed by atoms with Crippen molar-refractivity contribution in [2.75, 3.05) is 6.61 Å². The lowest BCUT2D eigenvalue weighted by molar-refractivity contribution is 0.0950. The molecule has 27 heavy (non-hydrogen) atoms. The van der Waals surface area contributed by atoms with Crippen LogP contribution in [0.2, 0.25) is 0 Å². The van der Waals surface area contributed by atoms with E-state index in [1.165, 1.54) is 12.3 Å². The highest BCUT2D eigenvalue weighted by molar-refractivity contribution is 9.10. The molecule has 3 aromatic rings. The second kappa shape index (κ2) is 8.50. The largest absolute Gasteiger partial charge is 0.507 e. The first-order chi connectivity index (χ1) is 13.1. The SMILES string of the molecule is CCOc1ccc(-c2cc(C(=O)NN=Cc3cc(Br)ccc3O)[nH]n2)cc1. The van der Waals surface area contributed by atoms with E-state index in [2.05, 4.69) is 36.7 Å². The Bertz CT molecular complexity index is 967. The van der Waals surface area contributed by atoms with Crippen molar-refractivity contribution >= 4 is 28.1 Å². The van der Waals surface area contributed by atoms with E-state index in [1.54, 1.807) is 18.2 Å². The fourth-order valence-electron chi connectivity index (χ4n) is 2.32. The highest BCUT2D eigenvalue weighted by atomic mass is 79.9. The molecule has 0 radical (unpaired) electrons. The summed E-state index contributed by atoms with van der Waals surface area (Å²) in [6.07, 6.45) is 1.36. The van der Waals surface area contributed by atoms with Crippen LogP contribution in [0.15, 0.2) is 58.1 Å². The molecule has 1 amide bonds. The van der Waals surface area contributed by atoms with Crippen molar-refractivity contribution in [2.45, 2.75) is 6.92 Å². The maximum Gasteiger partial charge on any atom is 0.289 e. The summed E-state index contributed by atoms with van der Waals surface area (Å²) in [4.78, 5) is 12.2. The number of phenols is 1. The number of hydrogen-bond acceptors (Lipinski definition) is 5. The van der Waals surface area contributed by atoms with Crippen LogP contribution in [0.3, 0.4) is 0 Å². The first-order valence-electron chi connectivity index (χ1n) is 8.17. The van der Waals surface area contributed by atoms with Crippen LogP contribution in [-0.4, -0.2) is 34.0 Å². The number of halogens is 1. The zero-order chi connectivity index (χ0) is 19.2. The van der Waals surface area contributed by atoms with Gasteiger partial charge in [0.15, 0.2) is 0 Å². The molecule has 0 saturated heterocycles. The van der Waals surface area contributed by atoms with Gasteiger partial charge in [-0.2, -0.15) is 10.2 Å². The summed E-state index contributed by atoms with van der Waals surface area (Å²) in [5, 5.41) is 20.5. The van der Waals surface area contributed by atoms with Crippen LogP contribution in [0.25, 0.3) is 11.3 Å². The van der Waals surface area contributed by atoms with Crippen LogP contribution >= 0.6 is 15.9 Å². The fourth-order valence-corrected chi connectivity index (χ4v) is 2.70. The summed E-state index contributed by atoms with van der Waals surface area (Å²) in [6.45, 7) is 2.53. The second-order valence-corrected chi connectivity index (χ2v) is 6.44. The van der Waals surface area contributed by atoms with Gasteiger partial charge in [0.1, 0.15) is 17.2 Å². The molecule has 0 fully saturated rings. The van der Waals surface area contributed by atoms with Gasteiger partial charge in [-0.15, -0.1) is 0 Å². The van der Waals surface area contributed by atoms with Crippen LogP contribution in [-0.2, 0) is 0 Å². The maximum absolute atomic E-state index is 12.2. The molecule has 3 rings (SSSR count). The minimum absolute atomic E-state index is 0.0653. The average Bonchev–Trinajstić information content (AvgIpc) is 3.16. The molecule has 0 aliphatic rings. The Morgan fingerprint density at radius 3 is 2.81 bits per heavy atom. The molecule has 2 aromatic carbocycles.